The van der Waals surface area contributed by atoms with Gasteiger partial charge >= 0.3 is 5.69 Å². The minimum atomic E-state index is -0.411. The number of nitrogens with one attached hydrogen (secondary N) is 1. The van der Waals surface area contributed by atoms with Gasteiger partial charge in [-0.2, -0.15) is 0 Å². The number of rotatable bonds is 7. The Morgan fingerprint density at radius 2 is 2.26 bits per heavy atom. The molecule has 0 unspecified atom stereocenters. The van der Waals surface area contributed by atoms with Crippen LogP contribution in [0.2, 0.25) is 0 Å². The summed E-state index contributed by atoms with van der Waals surface area (Å²) in [5.74, 6) is 0.283. The summed E-state index contributed by atoms with van der Waals surface area (Å²) < 4.78 is 5.03. The zero-order chi connectivity index (χ0) is 13.8. The lowest BCUT2D eigenvalue weighted by Gasteiger charge is -2.16. The second kappa shape index (κ2) is 5.88. The van der Waals surface area contributed by atoms with Crippen LogP contribution in [0.25, 0.3) is 0 Å². The Hall–Kier alpha value is -1.82. The van der Waals surface area contributed by atoms with Crippen molar-refractivity contribution < 1.29 is 9.66 Å². The molecule has 0 amide bonds. The van der Waals surface area contributed by atoms with E-state index in [2.05, 4.69) is 17.3 Å². The third-order valence-corrected chi connectivity index (χ3v) is 3.35. The Kier molecular flexibility index (Phi) is 4.21. The van der Waals surface area contributed by atoms with Crippen LogP contribution in [-0.4, -0.2) is 43.1 Å². The second-order valence-electron chi connectivity index (χ2n) is 4.75. The third kappa shape index (κ3) is 3.35. The molecule has 1 aromatic carbocycles. The second-order valence-corrected chi connectivity index (χ2v) is 4.75. The SMILES string of the molecule is COc1cccc(NCCN(C)C2CC2)c1[N+](=O)[O-]. The highest BCUT2D eigenvalue weighted by Crippen LogP contribution is 2.34. The molecule has 1 N–H and O–H groups in total. The average Bonchev–Trinajstić information content (AvgIpc) is 3.22. The molecule has 0 radical (unpaired) electrons. The van der Waals surface area contributed by atoms with Crippen molar-refractivity contribution >= 4 is 11.4 Å². The Bertz CT molecular complexity index is 460. The van der Waals surface area contributed by atoms with Crippen LogP contribution in [0.3, 0.4) is 0 Å². The summed E-state index contributed by atoms with van der Waals surface area (Å²) in [5, 5.41) is 14.2. The molecule has 0 spiro atoms. The summed E-state index contributed by atoms with van der Waals surface area (Å²) in [4.78, 5) is 13.0. The van der Waals surface area contributed by atoms with Gasteiger partial charge in [-0.05, 0) is 32.0 Å². The van der Waals surface area contributed by atoms with E-state index in [0.717, 1.165) is 6.54 Å². The number of nitro benzene ring substituents is 1. The van der Waals surface area contributed by atoms with E-state index < -0.39 is 4.92 Å². The van der Waals surface area contributed by atoms with E-state index in [4.69, 9.17) is 4.74 Å². The van der Waals surface area contributed by atoms with Crippen molar-refractivity contribution in [3.05, 3.63) is 28.3 Å². The molecule has 1 saturated carbocycles. The summed E-state index contributed by atoms with van der Waals surface area (Å²) in [6, 6.07) is 5.75. The van der Waals surface area contributed by atoms with Crippen LogP contribution in [-0.2, 0) is 0 Å². The quantitative estimate of drug-likeness (QED) is 0.604. The number of para-hydroxylation sites is 1. The van der Waals surface area contributed by atoms with E-state index >= 15 is 0 Å². The van der Waals surface area contributed by atoms with E-state index in [-0.39, 0.29) is 11.4 Å². The lowest BCUT2D eigenvalue weighted by atomic mass is 10.2. The third-order valence-electron chi connectivity index (χ3n) is 3.35. The molecule has 6 nitrogen and oxygen atoms in total. The van der Waals surface area contributed by atoms with E-state index in [0.29, 0.717) is 18.3 Å². The fourth-order valence-corrected chi connectivity index (χ4v) is 2.08. The lowest BCUT2D eigenvalue weighted by Crippen LogP contribution is -2.27. The highest BCUT2D eigenvalue weighted by Gasteiger charge is 2.26. The van der Waals surface area contributed by atoms with E-state index in [1.807, 2.05) is 0 Å². The topological polar surface area (TPSA) is 67.6 Å². The summed E-state index contributed by atoms with van der Waals surface area (Å²) in [7, 11) is 3.52. The van der Waals surface area contributed by atoms with Gasteiger partial charge in [0.1, 0.15) is 5.69 Å². The van der Waals surface area contributed by atoms with E-state index in [1.165, 1.54) is 20.0 Å². The van der Waals surface area contributed by atoms with Crippen molar-refractivity contribution in [2.24, 2.45) is 0 Å². The highest BCUT2D eigenvalue weighted by molar-refractivity contribution is 5.68. The maximum Gasteiger partial charge on any atom is 0.333 e. The zero-order valence-electron chi connectivity index (χ0n) is 11.3. The number of anilines is 1. The van der Waals surface area contributed by atoms with Crippen LogP contribution in [0.4, 0.5) is 11.4 Å². The summed E-state index contributed by atoms with van der Waals surface area (Å²) >= 11 is 0. The number of ether oxygens (including phenoxy) is 1. The number of hydrogen-bond donors (Lipinski definition) is 1. The lowest BCUT2D eigenvalue weighted by molar-refractivity contribution is -0.384. The molecule has 1 aromatic rings. The summed E-state index contributed by atoms with van der Waals surface area (Å²) in [6.45, 7) is 1.56. The molecule has 0 aromatic heterocycles. The van der Waals surface area contributed by atoms with Gasteiger partial charge in [-0.1, -0.05) is 6.07 Å². The van der Waals surface area contributed by atoms with Gasteiger partial charge in [0, 0.05) is 19.1 Å². The van der Waals surface area contributed by atoms with E-state index in [1.54, 1.807) is 18.2 Å². The van der Waals surface area contributed by atoms with Crippen LogP contribution >= 0.6 is 0 Å². The van der Waals surface area contributed by atoms with Crippen LogP contribution in [0.5, 0.6) is 5.75 Å². The van der Waals surface area contributed by atoms with Crippen molar-refractivity contribution in [3.8, 4) is 5.75 Å². The Morgan fingerprint density at radius 1 is 1.53 bits per heavy atom. The molecule has 19 heavy (non-hydrogen) atoms. The first-order valence-electron chi connectivity index (χ1n) is 6.39. The number of nitrogens with zero attached hydrogens (tertiary/aromatic N) is 2. The van der Waals surface area contributed by atoms with Gasteiger partial charge in [0.05, 0.1) is 12.0 Å². The van der Waals surface area contributed by atoms with Gasteiger partial charge in [-0.25, -0.2) is 0 Å². The number of benzene rings is 1. The molecule has 1 aliphatic carbocycles. The van der Waals surface area contributed by atoms with Crippen molar-refractivity contribution in [2.45, 2.75) is 18.9 Å². The van der Waals surface area contributed by atoms with Crippen molar-refractivity contribution in [1.29, 1.82) is 0 Å². The molecule has 0 atom stereocenters. The predicted molar refractivity (Wildman–Crippen MR) is 73.8 cm³/mol. The normalized spacial score (nSPS) is 14.5. The van der Waals surface area contributed by atoms with Crippen molar-refractivity contribution in [2.75, 3.05) is 32.6 Å². The van der Waals surface area contributed by atoms with Gasteiger partial charge in [0.2, 0.25) is 0 Å². The Labute approximate surface area is 112 Å². The first-order valence-corrected chi connectivity index (χ1v) is 6.39. The first-order chi connectivity index (χ1) is 9.13. The Morgan fingerprint density at radius 3 is 2.84 bits per heavy atom. The van der Waals surface area contributed by atoms with Gasteiger partial charge in [-0.3, -0.25) is 10.1 Å². The largest absolute Gasteiger partial charge is 0.490 e. The van der Waals surface area contributed by atoms with Gasteiger partial charge in [0.15, 0.2) is 5.75 Å². The van der Waals surface area contributed by atoms with Crippen LogP contribution < -0.4 is 10.1 Å². The predicted octanol–water partition coefficient (Wildman–Crippen LogP) is 2.11. The molecule has 104 valence electrons. The maximum absolute atomic E-state index is 11.1. The monoisotopic (exact) mass is 265 g/mol. The highest BCUT2D eigenvalue weighted by atomic mass is 16.6. The van der Waals surface area contributed by atoms with Crippen LogP contribution in [0.15, 0.2) is 18.2 Å². The van der Waals surface area contributed by atoms with Crippen LogP contribution in [0, 0.1) is 10.1 Å². The first kappa shape index (κ1) is 13.6. The molecule has 0 heterocycles. The van der Waals surface area contributed by atoms with Crippen molar-refractivity contribution in [3.63, 3.8) is 0 Å². The molecule has 0 aliphatic heterocycles. The average molecular weight is 265 g/mol. The molecule has 1 fully saturated rings. The zero-order valence-corrected chi connectivity index (χ0v) is 11.3. The molecule has 1 aliphatic rings. The number of nitro groups is 1. The number of likely N-dealkylation sites (N-methyl/N-ethyl adjacent to an activating group) is 1. The molecule has 6 heteroatoms. The minimum Gasteiger partial charge on any atom is -0.490 e. The molecule has 0 bridgehead atoms. The molecule has 0 saturated heterocycles. The number of methoxy groups -OCH3 is 1. The smallest absolute Gasteiger partial charge is 0.333 e. The van der Waals surface area contributed by atoms with E-state index in [9.17, 15) is 10.1 Å². The molecular weight excluding hydrogens is 246 g/mol. The standard InChI is InChI=1S/C13H19N3O3/c1-15(10-6-7-10)9-8-14-11-4-3-5-12(19-2)13(11)16(17)18/h3-5,10,14H,6-9H2,1-2H3. The molecule has 2 rings (SSSR count). The van der Waals surface area contributed by atoms with Crippen LogP contribution in [0.1, 0.15) is 12.8 Å². The Balaban J connectivity index is 2.00. The van der Waals surface area contributed by atoms with Crippen molar-refractivity contribution in [1.82, 2.24) is 4.90 Å². The van der Waals surface area contributed by atoms with Gasteiger partial charge in [-0.15, -0.1) is 0 Å². The fraction of sp³-hybridized carbons (Fsp3) is 0.538. The maximum atomic E-state index is 11.1. The van der Waals surface area contributed by atoms with Gasteiger partial charge < -0.3 is 15.0 Å². The summed E-state index contributed by atoms with van der Waals surface area (Å²) in [6.07, 6.45) is 2.52. The minimum absolute atomic E-state index is 0.000856. The molecular formula is C13H19N3O3. The number of hydrogen-bond acceptors (Lipinski definition) is 5. The summed E-state index contributed by atoms with van der Waals surface area (Å²) in [5.41, 5.74) is 0.507. The van der Waals surface area contributed by atoms with Gasteiger partial charge in [0.25, 0.3) is 0 Å². The fourth-order valence-electron chi connectivity index (χ4n) is 2.08.